The Balaban J connectivity index is 1.44. The highest BCUT2D eigenvalue weighted by Gasteiger charge is 2.25. The minimum absolute atomic E-state index is 0.00587. The molecule has 0 saturated carbocycles. The monoisotopic (exact) mass is 337 g/mol. The summed E-state index contributed by atoms with van der Waals surface area (Å²) in [4.78, 5) is 23.3. The summed E-state index contributed by atoms with van der Waals surface area (Å²) in [5.41, 5.74) is 1.56. The van der Waals surface area contributed by atoms with E-state index >= 15 is 0 Å². The van der Waals surface area contributed by atoms with E-state index in [-0.39, 0.29) is 5.91 Å². The second kappa shape index (κ2) is 6.43. The van der Waals surface area contributed by atoms with Gasteiger partial charge in [-0.1, -0.05) is 6.07 Å². The molecular weight excluding hydrogens is 318 g/mol. The third-order valence-electron chi connectivity index (χ3n) is 4.34. The zero-order valence-corrected chi connectivity index (χ0v) is 14.0. The highest BCUT2D eigenvalue weighted by Crippen LogP contribution is 2.18. The summed E-state index contributed by atoms with van der Waals surface area (Å²) < 4.78 is 7.35. The molecule has 0 unspecified atom stereocenters. The third-order valence-corrected chi connectivity index (χ3v) is 4.34. The van der Waals surface area contributed by atoms with Crippen LogP contribution < -0.4 is 5.32 Å². The standard InChI is InChI=1S/C18H19N5O2/c1-13-15(5-9-25-13)18(24)23-8-7-22-11-14(21-17(22)12-23)10-20-16-4-2-3-6-19-16/h2-6,9,11H,7-8,10,12H2,1H3,(H,19,20). The number of fused-ring (bicyclic) bond motifs is 1. The first-order valence-corrected chi connectivity index (χ1v) is 8.24. The van der Waals surface area contributed by atoms with E-state index in [9.17, 15) is 4.79 Å². The average molecular weight is 337 g/mol. The topological polar surface area (TPSA) is 76.2 Å². The van der Waals surface area contributed by atoms with Gasteiger partial charge in [0.25, 0.3) is 5.91 Å². The van der Waals surface area contributed by atoms with Gasteiger partial charge in [0.15, 0.2) is 0 Å². The lowest BCUT2D eigenvalue weighted by molar-refractivity contribution is 0.0705. The van der Waals surface area contributed by atoms with Crippen LogP contribution in [0.1, 0.15) is 27.6 Å². The second-order valence-corrected chi connectivity index (χ2v) is 6.03. The van der Waals surface area contributed by atoms with Crippen LogP contribution in [-0.4, -0.2) is 31.9 Å². The van der Waals surface area contributed by atoms with Gasteiger partial charge in [0.1, 0.15) is 17.4 Å². The molecule has 0 radical (unpaired) electrons. The SMILES string of the molecule is Cc1occc1C(=O)N1CCn2cc(CNc3ccccn3)nc2C1. The normalized spacial score (nSPS) is 13.6. The van der Waals surface area contributed by atoms with Crippen molar-refractivity contribution in [3.63, 3.8) is 0 Å². The van der Waals surface area contributed by atoms with Gasteiger partial charge in [-0.2, -0.15) is 0 Å². The number of hydrogen-bond acceptors (Lipinski definition) is 5. The minimum atomic E-state index is -0.00587. The lowest BCUT2D eigenvalue weighted by Gasteiger charge is -2.27. The number of nitrogens with one attached hydrogen (secondary N) is 1. The fraction of sp³-hybridized carbons (Fsp3) is 0.278. The highest BCUT2D eigenvalue weighted by atomic mass is 16.3. The molecule has 128 valence electrons. The molecule has 0 atom stereocenters. The van der Waals surface area contributed by atoms with Crippen LogP contribution in [0.4, 0.5) is 5.82 Å². The van der Waals surface area contributed by atoms with Gasteiger partial charge in [-0.25, -0.2) is 9.97 Å². The van der Waals surface area contributed by atoms with Crippen molar-refractivity contribution in [2.75, 3.05) is 11.9 Å². The Morgan fingerprint density at radius 2 is 2.24 bits per heavy atom. The molecule has 3 aromatic rings. The van der Waals surface area contributed by atoms with Gasteiger partial charge in [0, 0.05) is 25.5 Å². The number of pyridine rings is 1. The number of carbonyl (C=O) groups excluding carboxylic acids is 1. The van der Waals surface area contributed by atoms with Crippen LogP contribution in [0.2, 0.25) is 0 Å². The molecule has 0 fully saturated rings. The fourth-order valence-corrected chi connectivity index (χ4v) is 3.00. The molecule has 1 aliphatic rings. The first-order chi connectivity index (χ1) is 12.2. The molecule has 3 aromatic heterocycles. The Morgan fingerprint density at radius 1 is 1.32 bits per heavy atom. The number of aromatic nitrogens is 3. The molecule has 0 bridgehead atoms. The fourth-order valence-electron chi connectivity index (χ4n) is 3.00. The molecule has 25 heavy (non-hydrogen) atoms. The Kier molecular flexibility index (Phi) is 3.97. The molecular formula is C18H19N5O2. The Bertz CT molecular complexity index is 884. The number of anilines is 1. The van der Waals surface area contributed by atoms with E-state index in [1.54, 1.807) is 25.5 Å². The molecule has 0 spiro atoms. The van der Waals surface area contributed by atoms with Gasteiger partial charge >= 0.3 is 0 Å². The van der Waals surface area contributed by atoms with Crippen LogP contribution in [0.3, 0.4) is 0 Å². The minimum Gasteiger partial charge on any atom is -0.469 e. The van der Waals surface area contributed by atoms with E-state index in [0.717, 1.165) is 23.9 Å². The van der Waals surface area contributed by atoms with Crippen LogP contribution in [0.25, 0.3) is 0 Å². The number of imidazole rings is 1. The smallest absolute Gasteiger partial charge is 0.257 e. The number of furan rings is 1. The lowest BCUT2D eigenvalue weighted by atomic mass is 10.2. The van der Waals surface area contributed by atoms with E-state index in [2.05, 4.69) is 19.9 Å². The molecule has 4 heterocycles. The zero-order valence-electron chi connectivity index (χ0n) is 14.0. The second-order valence-electron chi connectivity index (χ2n) is 6.03. The van der Waals surface area contributed by atoms with Crippen molar-refractivity contribution in [2.45, 2.75) is 26.6 Å². The molecule has 1 N–H and O–H groups in total. The van der Waals surface area contributed by atoms with E-state index in [1.165, 1.54) is 0 Å². The van der Waals surface area contributed by atoms with E-state index in [1.807, 2.05) is 29.3 Å². The van der Waals surface area contributed by atoms with Gasteiger partial charge in [0.05, 0.1) is 30.6 Å². The molecule has 1 aliphatic heterocycles. The van der Waals surface area contributed by atoms with Gasteiger partial charge in [-0.05, 0) is 25.1 Å². The van der Waals surface area contributed by atoms with Crippen molar-refractivity contribution in [2.24, 2.45) is 0 Å². The van der Waals surface area contributed by atoms with Crippen molar-refractivity contribution in [3.05, 3.63) is 65.8 Å². The maximum Gasteiger partial charge on any atom is 0.257 e. The summed E-state index contributed by atoms with van der Waals surface area (Å²) in [6, 6.07) is 7.47. The van der Waals surface area contributed by atoms with Gasteiger partial charge in [-0.3, -0.25) is 4.79 Å². The van der Waals surface area contributed by atoms with E-state index in [0.29, 0.717) is 31.0 Å². The first kappa shape index (κ1) is 15.4. The average Bonchev–Trinajstić information content (AvgIpc) is 3.25. The summed E-state index contributed by atoms with van der Waals surface area (Å²) >= 11 is 0. The molecule has 7 heteroatoms. The lowest BCUT2D eigenvalue weighted by Crippen LogP contribution is -2.38. The van der Waals surface area contributed by atoms with Crippen LogP contribution >= 0.6 is 0 Å². The zero-order chi connectivity index (χ0) is 17.2. The number of rotatable bonds is 4. The Hall–Kier alpha value is -3.09. The van der Waals surface area contributed by atoms with Crippen molar-refractivity contribution < 1.29 is 9.21 Å². The molecule has 1 amide bonds. The number of carbonyl (C=O) groups is 1. The number of nitrogens with zero attached hydrogens (tertiary/aromatic N) is 4. The van der Waals surface area contributed by atoms with Crippen LogP contribution in [0.5, 0.6) is 0 Å². The van der Waals surface area contributed by atoms with E-state index in [4.69, 9.17) is 4.42 Å². The van der Waals surface area contributed by atoms with E-state index < -0.39 is 0 Å². The van der Waals surface area contributed by atoms with Crippen molar-refractivity contribution in [1.82, 2.24) is 19.4 Å². The summed E-state index contributed by atoms with van der Waals surface area (Å²) in [7, 11) is 0. The molecule has 4 rings (SSSR count). The van der Waals surface area contributed by atoms with Gasteiger partial charge in [0.2, 0.25) is 0 Å². The van der Waals surface area contributed by atoms with Crippen LogP contribution in [-0.2, 0) is 19.6 Å². The molecule has 0 saturated heterocycles. The predicted molar refractivity (Wildman–Crippen MR) is 92.0 cm³/mol. The summed E-state index contributed by atoms with van der Waals surface area (Å²) in [6.07, 6.45) is 5.34. The summed E-state index contributed by atoms with van der Waals surface area (Å²) in [5.74, 6) is 2.37. The molecule has 7 nitrogen and oxygen atoms in total. The number of aryl methyl sites for hydroxylation is 1. The Labute approximate surface area is 145 Å². The van der Waals surface area contributed by atoms with Crippen molar-refractivity contribution in [1.29, 1.82) is 0 Å². The van der Waals surface area contributed by atoms with Crippen LogP contribution in [0, 0.1) is 6.92 Å². The maximum absolute atomic E-state index is 12.6. The molecule has 0 aliphatic carbocycles. The largest absolute Gasteiger partial charge is 0.469 e. The first-order valence-electron chi connectivity index (χ1n) is 8.24. The maximum atomic E-state index is 12.6. The van der Waals surface area contributed by atoms with Gasteiger partial charge < -0.3 is 19.2 Å². The molecule has 0 aromatic carbocycles. The predicted octanol–water partition coefficient (Wildman–Crippen LogP) is 2.45. The highest BCUT2D eigenvalue weighted by molar-refractivity contribution is 5.95. The summed E-state index contributed by atoms with van der Waals surface area (Å²) in [6.45, 7) is 4.33. The van der Waals surface area contributed by atoms with Crippen molar-refractivity contribution >= 4 is 11.7 Å². The number of hydrogen-bond donors (Lipinski definition) is 1. The van der Waals surface area contributed by atoms with Crippen molar-refractivity contribution in [3.8, 4) is 0 Å². The van der Waals surface area contributed by atoms with Crippen LogP contribution in [0.15, 0.2) is 47.3 Å². The summed E-state index contributed by atoms with van der Waals surface area (Å²) in [5, 5.41) is 3.25. The third kappa shape index (κ3) is 3.13. The Morgan fingerprint density at radius 3 is 3.00 bits per heavy atom. The number of amides is 1. The quantitative estimate of drug-likeness (QED) is 0.791. The van der Waals surface area contributed by atoms with Gasteiger partial charge in [-0.15, -0.1) is 0 Å².